The molecule has 1 aliphatic rings. The number of aliphatic hydroxyl groups is 1. The number of rotatable bonds is 5. The Morgan fingerprint density at radius 1 is 1.42 bits per heavy atom. The van der Waals surface area contributed by atoms with Crippen molar-refractivity contribution < 1.29 is 5.11 Å². The molecule has 2 heterocycles. The highest BCUT2D eigenvalue weighted by Gasteiger charge is 2.29. The largest absolute Gasteiger partial charge is 0.391 e. The molecule has 1 N–H and O–H groups in total. The Kier molecular flexibility index (Phi) is 4.90. The summed E-state index contributed by atoms with van der Waals surface area (Å²) in [5, 5.41) is 14.7. The van der Waals surface area contributed by atoms with Crippen molar-refractivity contribution >= 4 is 0 Å². The Morgan fingerprint density at radius 2 is 2.21 bits per heavy atom. The first kappa shape index (κ1) is 14.4. The number of aromatic nitrogens is 3. The Morgan fingerprint density at radius 3 is 2.95 bits per heavy atom. The lowest BCUT2D eigenvalue weighted by Crippen LogP contribution is -2.55. The number of likely N-dealkylation sites (N-methyl/N-ethyl adjacent to an activating group) is 2. The predicted octanol–water partition coefficient (Wildman–Crippen LogP) is -0.163. The van der Waals surface area contributed by atoms with Crippen LogP contribution >= 0.6 is 0 Å². The fraction of sp³-hybridized carbons (Fsp3) is 0.846. The van der Waals surface area contributed by atoms with Crippen LogP contribution in [-0.2, 0) is 13.0 Å². The SMILES string of the molecule is CCCn1ncnc1CC(O)C1CN(C)CCN1C. The van der Waals surface area contributed by atoms with Crippen molar-refractivity contribution in [3.63, 3.8) is 0 Å². The maximum atomic E-state index is 10.5. The normalized spacial score (nSPS) is 23.7. The number of hydrogen-bond acceptors (Lipinski definition) is 5. The summed E-state index contributed by atoms with van der Waals surface area (Å²) in [6.45, 7) is 5.94. The van der Waals surface area contributed by atoms with Gasteiger partial charge in [0.1, 0.15) is 12.2 Å². The van der Waals surface area contributed by atoms with E-state index in [-0.39, 0.29) is 6.04 Å². The van der Waals surface area contributed by atoms with Gasteiger partial charge < -0.3 is 10.0 Å². The van der Waals surface area contributed by atoms with E-state index in [1.165, 1.54) is 0 Å². The van der Waals surface area contributed by atoms with Gasteiger partial charge in [-0.2, -0.15) is 5.10 Å². The summed E-state index contributed by atoms with van der Waals surface area (Å²) < 4.78 is 1.90. The van der Waals surface area contributed by atoms with Crippen LogP contribution in [-0.4, -0.2) is 75.5 Å². The van der Waals surface area contributed by atoms with Gasteiger partial charge in [0, 0.05) is 38.6 Å². The first-order valence-corrected chi connectivity index (χ1v) is 7.05. The van der Waals surface area contributed by atoms with Crippen LogP contribution in [0.15, 0.2) is 6.33 Å². The molecule has 0 amide bonds. The Bertz CT molecular complexity index is 394. The highest BCUT2D eigenvalue weighted by molar-refractivity contribution is 4.93. The molecule has 2 atom stereocenters. The van der Waals surface area contributed by atoms with Crippen LogP contribution in [0.2, 0.25) is 0 Å². The van der Waals surface area contributed by atoms with E-state index in [1.807, 2.05) is 4.68 Å². The minimum Gasteiger partial charge on any atom is -0.391 e. The highest BCUT2D eigenvalue weighted by atomic mass is 16.3. The second-order valence-corrected chi connectivity index (χ2v) is 5.48. The van der Waals surface area contributed by atoms with Crippen LogP contribution in [0.4, 0.5) is 0 Å². The Hall–Kier alpha value is -0.980. The molecule has 2 rings (SSSR count). The van der Waals surface area contributed by atoms with Gasteiger partial charge in [0.25, 0.3) is 0 Å². The van der Waals surface area contributed by atoms with Crippen LogP contribution < -0.4 is 0 Å². The van der Waals surface area contributed by atoms with Gasteiger partial charge in [-0.25, -0.2) is 4.98 Å². The molecule has 0 radical (unpaired) electrons. The maximum absolute atomic E-state index is 10.5. The molecule has 19 heavy (non-hydrogen) atoms. The molecule has 108 valence electrons. The summed E-state index contributed by atoms with van der Waals surface area (Å²) in [5.74, 6) is 0.885. The zero-order valence-corrected chi connectivity index (χ0v) is 12.2. The van der Waals surface area contributed by atoms with Crippen LogP contribution in [0.3, 0.4) is 0 Å². The van der Waals surface area contributed by atoms with Crippen molar-refractivity contribution in [2.45, 2.75) is 38.5 Å². The third kappa shape index (κ3) is 3.52. The van der Waals surface area contributed by atoms with E-state index in [2.05, 4.69) is 40.9 Å². The number of aliphatic hydroxyl groups excluding tert-OH is 1. The van der Waals surface area contributed by atoms with Gasteiger partial charge in [-0.1, -0.05) is 6.92 Å². The van der Waals surface area contributed by atoms with Crippen LogP contribution in [0, 0.1) is 0 Å². The van der Waals surface area contributed by atoms with Gasteiger partial charge in [0.2, 0.25) is 0 Å². The molecule has 0 aromatic carbocycles. The van der Waals surface area contributed by atoms with Crippen molar-refractivity contribution in [2.24, 2.45) is 0 Å². The second kappa shape index (κ2) is 6.45. The summed E-state index contributed by atoms with van der Waals surface area (Å²) in [5.41, 5.74) is 0. The third-order valence-corrected chi connectivity index (χ3v) is 3.87. The number of piperazine rings is 1. The summed E-state index contributed by atoms with van der Waals surface area (Å²) in [6.07, 6.45) is 2.78. The fourth-order valence-corrected chi connectivity index (χ4v) is 2.63. The zero-order valence-electron chi connectivity index (χ0n) is 12.2. The van der Waals surface area contributed by atoms with E-state index in [9.17, 15) is 5.11 Å². The molecule has 6 heteroatoms. The van der Waals surface area contributed by atoms with E-state index in [0.29, 0.717) is 6.42 Å². The van der Waals surface area contributed by atoms with Gasteiger partial charge in [-0.3, -0.25) is 9.58 Å². The molecule has 0 bridgehead atoms. The molecule has 1 aromatic rings. The van der Waals surface area contributed by atoms with Crippen molar-refractivity contribution in [2.75, 3.05) is 33.7 Å². The highest BCUT2D eigenvalue weighted by Crippen LogP contribution is 2.13. The predicted molar refractivity (Wildman–Crippen MR) is 73.9 cm³/mol. The van der Waals surface area contributed by atoms with Gasteiger partial charge in [-0.15, -0.1) is 0 Å². The Balaban J connectivity index is 1.99. The molecule has 0 aliphatic carbocycles. The first-order valence-electron chi connectivity index (χ1n) is 7.05. The minimum atomic E-state index is -0.396. The number of hydrogen-bond donors (Lipinski definition) is 1. The molecule has 6 nitrogen and oxygen atoms in total. The lowest BCUT2D eigenvalue weighted by molar-refractivity contribution is 0.0139. The molecule has 0 spiro atoms. The standard InChI is InChI=1S/C13H25N5O/c1-4-5-18-13(14-10-15-18)8-12(19)11-9-16(2)6-7-17(11)3/h10-12,19H,4-9H2,1-3H3. The average Bonchev–Trinajstić information content (AvgIpc) is 2.80. The lowest BCUT2D eigenvalue weighted by Gasteiger charge is -2.40. The summed E-state index contributed by atoms with van der Waals surface area (Å²) in [6, 6.07) is 0.172. The second-order valence-electron chi connectivity index (χ2n) is 5.48. The molecular weight excluding hydrogens is 242 g/mol. The number of nitrogens with zero attached hydrogens (tertiary/aromatic N) is 5. The van der Waals surface area contributed by atoms with Crippen molar-refractivity contribution in [3.8, 4) is 0 Å². The van der Waals surface area contributed by atoms with Gasteiger partial charge >= 0.3 is 0 Å². The van der Waals surface area contributed by atoms with Gasteiger partial charge in [0.15, 0.2) is 0 Å². The van der Waals surface area contributed by atoms with Gasteiger partial charge in [0.05, 0.1) is 6.10 Å². The summed E-state index contributed by atoms with van der Waals surface area (Å²) >= 11 is 0. The Labute approximate surface area is 115 Å². The van der Waals surface area contributed by atoms with Crippen LogP contribution in [0.1, 0.15) is 19.2 Å². The van der Waals surface area contributed by atoms with E-state index < -0.39 is 6.10 Å². The van der Waals surface area contributed by atoms with E-state index in [1.54, 1.807) is 6.33 Å². The van der Waals surface area contributed by atoms with Crippen LogP contribution in [0.25, 0.3) is 0 Å². The topological polar surface area (TPSA) is 57.4 Å². The third-order valence-electron chi connectivity index (χ3n) is 3.87. The first-order chi connectivity index (χ1) is 9.11. The number of aryl methyl sites for hydroxylation is 1. The molecule has 2 unspecified atom stereocenters. The van der Waals surface area contributed by atoms with Crippen molar-refractivity contribution in [1.29, 1.82) is 0 Å². The molecule has 1 saturated heterocycles. The molecule has 1 aliphatic heterocycles. The zero-order chi connectivity index (χ0) is 13.8. The van der Waals surface area contributed by atoms with Crippen molar-refractivity contribution in [3.05, 3.63) is 12.2 Å². The summed E-state index contributed by atoms with van der Waals surface area (Å²) in [7, 11) is 4.18. The molecule has 1 aromatic heterocycles. The smallest absolute Gasteiger partial charge is 0.138 e. The molecule has 0 saturated carbocycles. The average molecular weight is 267 g/mol. The van der Waals surface area contributed by atoms with Crippen molar-refractivity contribution in [1.82, 2.24) is 24.6 Å². The quantitative estimate of drug-likeness (QED) is 0.803. The van der Waals surface area contributed by atoms with Gasteiger partial charge in [-0.05, 0) is 20.5 Å². The van der Waals surface area contributed by atoms with Crippen LogP contribution in [0.5, 0.6) is 0 Å². The van der Waals surface area contributed by atoms with E-state index >= 15 is 0 Å². The maximum Gasteiger partial charge on any atom is 0.138 e. The molecular formula is C13H25N5O. The summed E-state index contributed by atoms with van der Waals surface area (Å²) in [4.78, 5) is 8.78. The fourth-order valence-electron chi connectivity index (χ4n) is 2.63. The monoisotopic (exact) mass is 267 g/mol. The molecule has 1 fully saturated rings. The lowest BCUT2D eigenvalue weighted by atomic mass is 10.0. The van der Waals surface area contributed by atoms with E-state index in [4.69, 9.17) is 0 Å². The van der Waals surface area contributed by atoms with E-state index in [0.717, 1.165) is 38.4 Å². The minimum absolute atomic E-state index is 0.172.